The maximum absolute atomic E-state index is 6.46. The van der Waals surface area contributed by atoms with Gasteiger partial charge in [-0.3, -0.25) is 4.99 Å². The van der Waals surface area contributed by atoms with Crippen molar-refractivity contribution in [2.45, 2.75) is 6.54 Å². The zero-order chi connectivity index (χ0) is 36.3. The van der Waals surface area contributed by atoms with Gasteiger partial charge in [-0.25, -0.2) is 9.98 Å². The number of nitrogens with zero attached hydrogens (tertiary/aromatic N) is 3. The van der Waals surface area contributed by atoms with Gasteiger partial charge in [-0.1, -0.05) is 164 Å². The molecule has 0 saturated heterocycles. The number of furan rings is 1. The van der Waals surface area contributed by atoms with Crippen molar-refractivity contribution in [2.24, 2.45) is 15.0 Å². The Labute approximate surface area is 314 Å². The van der Waals surface area contributed by atoms with Crippen LogP contribution in [0.25, 0.3) is 66.1 Å². The quantitative estimate of drug-likeness (QED) is 0.121. The largest absolute Gasteiger partial charge is 0.456 e. The van der Waals surface area contributed by atoms with E-state index in [1.54, 1.807) is 0 Å². The summed E-state index contributed by atoms with van der Waals surface area (Å²) in [6, 6.07) is 65.1. The van der Waals surface area contributed by atoms with E-state index in [1.165, 1.54) is 21.9 Å². The lowest BCUT2D eigenvalue weighted by Crippen LogP contribution is -2.05. The molecule has 0 radical (unpaired) electrons. The van der Waals surface area contributed by atoms with Crippen LogP contribution < -0.4 is 0 Å². The lowest BCUT2D eigenvalue weighted by molar-refractivity contribution is 0.669. The van der Waals surface area contributed by atoms with Gasteiger partial charge in [-0.2, -0.15) is 0 Å². The number of rotatable bonds is 7. The highest BCUT2D eigenvalue weighted by molar-refractivity contribution is 6.13. The molecule has 0 amide bonds. The predicted molar refractivity (Wildman–Crippen MR) is 227 cm³/mol. The number of amidine groups is 2. The molecule has 4 nitrogen and oxygen atoms in total. The van der Waals surface area contributed by atoms with Crippen molar-refractivity contribution < 1.29 is 4.42 Å². The fraction of sp³-hybridized carbons (Fsp3) is 0.0200. The molecule has 9 rings (SSSR count). The van der Waals surface area contributed by atoms with Gasteiger partial charge < -0.3 is 4.42 Å². The molecule has 0 spiro atoms. The zero-order valence-electron chi connectivity index (χ0n) is 29.6. The molecule has 4 heteroatoms. The Hall–Kier alpha value is -7.17. The van der Waals surface area contributed by atoms with E-state index in [4.69, 9.17) is 14.4 Å². The van der Waals surface area contributed by atoms with E-state index < -0.39 is 0 Å². The molecule has 0 aliphatic rings. The van der Waals surface area contributed by atoms with E-state index in [1.807, 2.05) is 72.8 Å². The van der Waals surface area contributed by atoms with Crippen molar-refractivity contribution in [3.8, 4) is 33.4 Å². The smallest absolute Gasteiger partial charge is 0.161 e. The third kappa shape index (κ3) is 6.53. The van der Waals surface area contributed by atoms with Gasteiger partial charge >= 0.3 is 0 Å². The summed E-state index contributed by atoms with van der Waals surface area (Å²) < 4.78 is 6.46. The van der Waals surface area contributed by atoms with Gasteiger partial charge in [0.15, 0.2) is 11.7 Å². The van der Waals surface area contributed by atoms with E-state index in [-0.39, 0.29) is 0 Å². The van der Waals surface area contributed by atoms with Gasteiger partial charge in [0.2, 0.25) is 0 Å². The monoisotopic (exact) mass is 693 g/mol. The molecule has 8 aromatic carbocycles. The number of hydrogen-bond acceptors (Lipinski definition) is 2. The fourth-order valence-electron chi connectivity index (χ4n) is 7.11. The summed E-state index contributed by atoms with van der Waals surface area (Å²) in [7, 11) is 0. The Morgan fingerprint density at radius 1 is 0.444 bits per heavy atom. The molecule has 1 aromatic heterocycles. The Morgan fingerprint density at radius 2 is 1.02 bits per heavy atom. The van der Waals surface area contributed by atoms with Crippen LogP contribution in [0.5, 0.6) is 0 Å². The normalized spacial score (nSPS) is 12.1. The third-order valence-corrected chi connectivity index (χ3v) is 9.93. The summed E-state index contributed by atoms with van der Waals surface area (Å²) in [6.07, 6.45) is 0. The first-order valence-corrected chi connectivity index (χ1v) is 18.1. The lowest BCUT2D eigenvalue weighted by atomic mass is 9.97. The molecule has 0 unspecified atom stereocenters. The number of fused-ring (bicyclic) bond motifs is 4. The average molecular weight is 694 g/mol. The van der Waals surface area contributed by atoms with Gasteiger partial charge in [0, 0.05) is 21.9 Å². The molecular formula is C50H35N3O. The van der Waals surface area contributed by atoms with E-state index in [2.05, 4.69) is 127 Å². The van der Waals surface area contributed by atoms with E-state index in [9.17, 15) is 0 Å². The van der Waals surface area contributed by atoms with Crippen LogP contribution in [0.4, 0.5) is 0 Å². The molecule has 9 aromatic rings. The van der Waals surface area contributed by atoms with Crippen LogP contribution in [0.2, 0.25) is 0 Å². The van der Waals surface area contributed by atoms with Gasteiger partial charge in [0.25, 0.3) is 0 Å². The first-order valence-electron chi connectivity index (χ1n) is 18.1. The van der Waals surface area contributed by atoms with Crippen LogP contribution in [-0.2, 0) is 6.54 Å². The average Bonchev–Trinajstić information content (AvgIpc) is 3.63. The summed E-state index contributed by atoms with van der Waals surface area (Å²) in [6.45, 7) is 4.27. The Balaban J connectivity index is 1.02. The highest BCUT2D eigenvalue weighted by Gasteiger charge is 2.14. The van der Waals surface area contributed by atoms with Crippen LogP contribution in [0, 0.1) is 0 Å². The molecule has 0 aliphatic carbocycles. The maximum atomic E-state index is 6.46. The first-order chi connectivity index (χ1) is 26.7. The third-order valence-electron chi connectivity index (χ3n) is 9.93. The Morgan fingerprint density at radius 3 is 1.76 bits per heavy atom. The summed E-state index contributed by atoms with van der Waals surface area (Å²) in [5, 5.41) is 4.61. The van der Waals surface area contributed by atoms with Crippen LogP contribution in [-0.4, -0.2) is 18.4 Å². The van der Waals surface area contributed by atoms with Gasteiger partial charge in [0.05, 0.1) is 6.54 Å². The molecule has 0 aliphatic heterocycles. The van der Waals surface area contributed by atoms with Gasteiger partial charge in [-0.15, -0.1) is 0 Å². The molecule has 256 valence electrons. The van der Waals surface area contributed by atoms with Crippen LogP contribution in [0.3, 0.4) is 0 Å². The second kappa shape index (κ2) is 14.5. The molecule has 0 fully saturated rings. The van der Waals surface area contributed by atoms with Crippen molar-refractivity contribution in [1.82, 2.24) is 0 Å². The zero-order valence-corrected chi connectivity index (χ0v) is 29.6. The minimum absolute atomic E-state index is 0.412. The first kappa shape index (κ1) is 32.7. The highest BCUT2D eigenvalue weighted by Crippen LogP contribution is 2.35. The number of aliphatic imine (C=N–C) groups is 3. The molecule has 0 N–H and O–H groups in total. The highest BCUT2D eigenvalue weighted by atomic mass is 16.3. The lowest BCUT2D eigenvalue weighted by Gasteiger charge is -2.08. The molecule has 54 heavy (non-hydrogen) atoms. The van der Waals surface area contributed by atoms with Gasteiger partial charge in [0.1, 0.15) is 11.2 Å². The summed E-state index contributed by atoms with van der Waals surface area (Å²) in [5.41, 5.74) is 11.4. The standard InChI is InChI=1S/C50H35N3O/c1-51-49(40-26-23-36(24-27-40)34-11-4-2-5-12-34)53-50(39-14-6-3-7-15-39)52-33-44-17-10-18-46-48(44)45-30-29-43(32-47(45)54-46)38-21-19-37(20-22-38)42-28-25-35-13-8-9-16-41(35)31-42/h2-32H,1,33H2/b52-50-,53-49-. The molecule has 1 heterocycles. The molecule has 0 atom stereocenters. The van der Waals surface area contributed by atoms with Crippen molar-refractivity contribution in [3.05, 3.63) is 205 Å². The second-order valence-electron chi connectivity index (χ2n) is 13.3. The Kier molecular flexibility index (Phi) is 8.76. The molecular weight excluding hydrogens is 659 g/mol. The van der Waals surface area contributed by atoms with Crippen molar-refractivity contribution in [1.29, 1.82) is 0 Å². The summed E-state index contributed by atoms with van der Waals surface area (Å²) in [4.78, 5) is 14.4. The second-order valence-corrected chi connectivity index (χ2v) is 13.3. The van der Waals surface area contributed by atoms with E-state index >= 15 is 0 Å². The van der Waals surface area contributed by atoms with Crippen molar-refractivity contribution in [2.75, 3.05) is 0 Å². The van der Waals surface area contributed by atoms with Crippen LogP contribution in [0.1, 0.15) is 16.7 Å². The van der Waals surface area contributed by atoms with Crippen LogP contribution >= 0.6 is 0 Å². The number of hydrogen-bond donors (Lipinski definition) is 0. The van der Waals surface area contributed by atoms with Crippen LogP contribution in [0.15, 0.2) is 207 Å². The fourth-order valence-corrected chi connectivity index (χ4v) is 7.11. The maximum Gasteiger partial charge on any atom is 0.161 e. The van der Waals surface area contributed by atoms with E-state index in [0.29, 0.717) is 18.2 Å². The predicted octanol–water partition coefficient (Wildman–Crippen LogP) is 12.8. The minimum atomic E-state index is 0.412. The summed E-state index contributed by atoms with van der Waals surface area (Å²) >= 11 is 0. The SMILES string of the molecule is C=N/C(=N\C(=N/Cc1cccc2oc3cc(-c4ccc(-c5ccc6ccccc6c5)cc4)ccc3c12)c1ccccc1)c1ccc(-c2ccccc2)cc1. The molecule has 0 bridgehead atoms. The topological polar surface area (TPSA) is 50.2 Å². The molecule has 0 saturated carbocycles. The van der Waals surface area contributed by atoms with Gasteiger partial charge in [-0.05, 0) is 80.7 Å². The number of benzene rings is 8. The minimum Gasteiger partial charge on any atom is -0.456 e. The summed E-state index contributed by atoms with van der Waals surface area (Å²) in [5.74, 6) is 1.10. The van der Waals surface area contributed by atoms with Crippen molar-refractivity contribution in [3.63, 3.8) is 0 Å². The van der Waals surface area contributed by atoms with E-state index in [0.717, 1.165) is 60.9 Å². The Bertz CT molecular complexity index is 2830. The van der Waals surface area contributed by atoms with Crippen molar-refractivity contribution >= 4 is 51.1 Å².